The molecule has 1 aromatic rings. The number of hydrogen-bond acceptors (Lipinski definition) is 4. The number of morpholine rings is 1. The lowest BCUT2D eigenvalue weighted by molar-refractivity contribution is 0.0464. The normalized spacial score (nSPS) is 20.9. The summed E-state index contributed by atoms with van der Waals surface area (Å²) in [5, 5.41) is 0. The summed E-state index contributed by atoms with van der Waals surface area (Å²) in [6.45, 7) is 3.00. The highest BCUT2D eigenvalue weighted by molar-refractivity contribution is 5.58. The Hall–Kier alpha value is -1.26. The molecule has 0 aromatic heterocycles. The third kappa shape index (κ3) is 2.28. The quantitative estimate of drug-likeness (QED) is 0.824. The van der Waals surface area contributed by atoms with E-state index >= 15 is 0 Å². The Morgan fingerprint density at radius 3 is 3.06 bits per heavy atom. The summed E-state index contributed by atoms with van der Waals surface area (Å²) in [5.74, 6) is 0.903. The number of rotatable bonds is 3. The second-order valence-corrected chi connectivity index (χ2v) is 3.85. The zero-order chi connectivity index (χ0) is 11.4. The molecule has 0 aliphatic carbocycles. The Balaban J connectivity index is 2.16. The van der Waals surface area contributed by atoms with E-state index in [0.29, 0.717) is 6.54 Å². The summed E-state index contributed by atoms with van der Waals surface area (Å²) in [6, 6.07) is 8.04. The van der Waals surface area contributed by atoms with Crippen molar-refractivity contribution >= 4 is 5.69 Å². The minimum Gasteiger partial charge on any atom is -0.495 e. The van der Waals surface area contributed by atoms with Gasteiger partial charge in [0, 0.05) is 19.6 Å². The molecule has 4 heteroatoms. The highest BCUT2D eigenvalue weighted by atomic mass is 16.5. The van der Waals surface area contributed by atoms with Crippen LogP contribution in [0.1, 0.15) is 0 Å². The van der Waals surface area contributed by atoms with Gasteiger partial charge in [0.25, 0.3) is 0 Å². The van der Waals surface area contributed by atoms with Crippen LogP contribution in [-0.4, -0.2) is 39.5 Å². The van der Waals surface area contributed by atoms with Crippen molar-refractivity contribution in [2.75, 3.05) is 38.3 Å². The zero-order valence-corrected chi connectivity index (χ0v) is 9.56. The van der Waals surface area contributed by atoms with Gasteiger partial charge in [0.1, 0.15) is 5.75 Å². The second kappa shape index (κ2) is 5.18. The van der Waals surface area contributed by atoms with E-state index in [9.17, 15) is 0 Å². The second-order valence-electron chi connectivity index (χ2n) is 3.85. The fourth-order valence-electron chi connectivity index (χ4n) is 1.97. The number of anilines is 1. The van der Waals surface area contributed by atoms with Crippen molar-refractivity contribution < 1.29 is 9.47 Å². The first-order chi connectivity index (χ1) is 7.85. The maximum Gasteiger partial charge on any atom is 0.142 e. The van der Waals surface area contributed by atoms with Gasteiger partial charge in [0.05, 0.1) is 25.5 Å². The van der Waals surface area contributed by atoms with Crippen molar-refractivity contribution in [1.82, 2.24) is 0 Å². The Morgan fingerprint density at radius 1 is 1.50 bits per heavy atom. The molecule has 1 heterocycles. The lowest BCUT2D eigenvalue weighted by Gasteiger charge is -2.34. The van der Waals surface area contributed by atoms with Crippen molar-refractivity contribution in [3.05, 3.63) is 24.3 Å². The minimum atomic E-state index is 0.124. The van der Waals surface area contributed by atoms with Crippen molar-refractivity contribution in [2.24, 2.45) is 5.73 Å². The number of ether oxygens (including phenoxy) is 2. The highest BCUT2D eigenvalue weighted by Gasteiger charge is 2.21. The van der Waals surface area contributed by atoms with Crippen LogP contribution in [0.15, 0.2) is 24.3 Å². The minimum absolute atomic E-state index is 0.124. The van der Waals surface area contributed by atoms with E-state index in [1.165, 1.54) is 0 Å². The SMILES string of the molecule is COc1ccccc1N1CCOC(CN)C1. The molecule has 1 saturated heterocycles. The summed E-state index contributed by atoms with van der Waals surface area (Å²) >= 11 is 0. The summed E-state index contributed by atoms with van der Waals surface area (Å²) in [5.41, 5.74) is 6.75. The number of para-hydroxylation sites is 2. The average molecular weight is 222 g/mol. The van der Waals surface area contributed by atoms with E-state index in [-0.39, 0.29) is 6.10 Å². The summed E-state index contributed by atoms with van der Waals surface area (Å²) in [7, 11) is 1.69. The Morgan fingerprint density at radius 2 is 2.31 bits per heavy atom. The first-order valence-electron chi connectivity index (χ1n) is 5.54. The molecule has 0 spiro atoms. The molecule has 1 unspecified atom stereocenters. The van der Waals surface area contributed by atoms with Gasteiger partial charge in [0.2, 0.25) is 0 Å². The van der Waals surface area contributed by atoms with E-state index in [2.05, 4.69) is 11.0 Å². The standard InChI is InChI=1S/C12H18N2O2/c1-15-12-5-3-2-4-11(12)14-6-7-16-10(8-13)9-14/h2-5,10H,6-9,13H2,1H3. The van der Waals surface area contributed by atoms with Crippen LogP contribution in [0.5, 0.6) is 5.75 Å². The van der Waals surface area contributed by atoms with E-state index in [4.69, 9.17) is 15.2 Å². The molecule has 1 fully saturated rings. The molecule has 0 saturated carbocycles. The number of nitrogens with two attached hydrogens (primary N) is 1. The van der Waals surface area contributed by atoms with E-state index in [0.717, 1.165) is 31.1 Å². The van der Waals surface area contributed by atoms with Crippen LogP contribution in [0.3, 0.4) is 0 Å². The molecule has 1 atom stereocenters. The molecule has 0 radical (unpaired) electrons. The van der Waals surface area contributed by atoms with Crippen LogP contribution in [0.25, 0.3) is 0 Å². The first-order valence-corrected chi connectivity index (χ1v) is 5.54. The smallest absolute Gasteiger partial charge is 0.142 e. The maximum absolute atomic E-state index is 5.63. The van der Waals surface area contributed by atoms with Gasteiger partial charge >= 0.3 is 0 Å². The number of benzene rings is 1. The maximum atomic E-state index is 5.63. The molecule has 16 heavy (non-hydrogen) atoms. The van der Waals surface area contributed by atoms with Gasteiger partial charge in [-0.3, -0.25) is 0 Å². The summed E-state index contributed by atoms with van der Waals surface area (Å²) in [6.07, 6.45) is 0.124. The largest absolute Gasteiger partial charge is 0.495 e. The zero-order valence-electron chi connectivity index (χ0n) is 9.56. The van der Waals surface area contributed by atoms with Crippen molar-refractivity contribution in [3.8, 4) is 5.75 Å². The van der Waals surface area contributed by atoms with Crippen molar-refractivity contribution in [1.29, 1.82) is 0 Å². The predicted molar refractivity (Wildman–Crippen MR) is 64.0 cm³/mol. The third-order valence-electron chi connectivity index (χ3n) is 2.83. The Bertz CT molecular complexity index is 344. The van der Waals surface area contributed by atoms with Crippen LogP contribution in [0, 0.1) is 0 Å². The molecule has 1 aliphatic rings. The van der Waals surface area contributed by atoms with Gasteiger partial charge in [-0.2, -0.15) is 0 Å². The van der Waals surface area contributed by atoms with Crippen LogP contribution in [0.2, 0.25) is 0 Å². The Labute approximate surface area is 95.9 Å². The molecule has 0 bridgehead atoms. The molecular weight excluding hydrogens is 204 g/mol. The molecule has 4 nitrogen and oxygen atoms in total. The number of hydrogen-bond donors (Lipinski definition) is 1. The lowest BCUT2D eigenvalue weighted by Crippen LogP contribution is -2.45. The molecule has 2 rings (SSSR count). The fraction of sp³-hybridized carbons (Fsp3) is 0.500. The van der Waals surface area contributed by atoms with Crippen molar-refractivity contribution in [2.45, 2.75) is 6.10 Å². The highest BCUT2D eigenvalue weighted by Crippen LogP contribution is 2.28. The van der Waals surface area contributed by atoms with Crippen LogP contribution in [-0.2, 0) is 4.74 Å². The third-order valence-corrected chi connectivity index (χ3v) is 2.83. The topological polar surface area (TPSA) is 47.7 Å². The Kier molecular flexibility index (Phi) is 3.64. The summed E-state index contributed by atoms with van der Waals surface area (Å²) < 4.78 is 10.9. The molecular formula is C12H18N2O2. The van der Waals surface area contributed by atoms with E-state index in [1.807, 2.05) is 18.2 Å². The van der Waals surface area contributed by atoms with Gasteiger partial charge in [-0.1, -0.05) is 12.1 Å². The van der Waals surface area contributed by atoms with Gasteiger partial charge in [-0.05, 0) is 12.1 Å². The predicted octanol–water partition coefficient (Wildman–Crippen LogP) is 0.859. The van der Waals surface area contributed by atoms with Gasteiger partial charge in [-0.25, -0.2) is 0 Å². The monoisotopic (exact) mass is 222 g/mol. The molecule has 88 valence electrons. The van der Waals surface area contributed by atoms with Crippen LogP contribution < -0.4 is 15.4 Å². The molecule has 0 amide bonds. The van der Waals surface area contributed by atoms with Crippen LogP contribution >= 0.6 is 0 Å². The first kappa shape index (κ1) is 11.2. The van der Waals surface area contributed by atoms with E-state index in [1.54, 1.807) is 7.11 Å². The fourth-order valence-corrected chi connectivity index (χ4v) is 1.97. The molecule has 1 aliphatic heterocycles. The molecule has 2 N–H and O–H groups in total. The summed E-state index contributed by atoms with van der Waals surface area (Å²) in [4.78, 5) is 2.26. The molecule has 1 aromatic carbocycles. The van der Waals surface area contributed by atoms with Crippen LogP contribution in [0.4, 0.5) is 5.69 Å². The average Bonchev–Trinajstić information content (AvgIpc) is 2.38. The number of nitrogens with zero attached hydrogens (tertiary/aromatic N) is 1. The van der Waals surface area contributed by atoms with Gasteiger partial charge in [-0.15, -0.1) is 0 Å². The van der Waals surface area contributed by atoms with Gasteiger partial charge < -0.3 is 20.1 Å². The van der Waals surface area contributed by atoms with Crippen molar-refractivity contribution in [3.63, 3.8) is 0 Å². The van der Waals surface area contributed by atoms with E-state index < -0.39 is 0 Å². The lowest BCUT2D eigenvalue weighted by atomic mass is 10.2. The number of methoxy groups -OCH3 is 1. The van der Waals surface area contributed by atoms with Gasteiger partial charge in [0.15, 0.2) is 0 Å².